The van der Waals surface area contributed by atoms with E-state index in [1.54, 1.807) is 6.20 Å². The summed E-state index contributed by atoms with van der Waals surface area (Å²) in [5, 5.41) is 14.1. The fraction of sp³-hybridized carbons (Fsp3) is 0.250. The largest absolute Gasteiger partial charge is 0.354 e. The van der Waals surface area contributed by atoms with E-state index >= 15 is 0 Å². The molecule has 0 saturated carbocycles. The molecule has 2 aromatic heterocycles. The molecule has 5 rings (SSSR count). The summed E-state index contributed by atoms with van der Waals surface area (Å²) >= 11 is 0. The lowest BCUT2D eigenvalue weighted by atomic mass is 9.96. The number of aryl methyl sites for hydroxylation is 1. The van der Waals surface area contributed by atoms with Crippen LogP contribution in [0, 0.1) is 12.8 Å². The summed E-state index contributed by atoms with van der Waals surface area (Å²) in [7, 11) is 0. The van der Waals surface area contributed by atoms with E-state index in [-0.39, 0.29) is 11.8 Å². The zero-order valence-electron chi connectivity index (χ0n) is 17.4. The summed E-state index contributed by atoms with van der Waals surface area (Å²) in [6.45, 7) is 3.43. The SMILES string of the molecule is Cc1nccn1-c1ccc(N2CCCC(C(=O)Nc3cccc4ccccc34)C2)nn1. The smallest absolute Gasteiger partial charge is 0.229 e. The molecule has 4 aromatic rings. The number of hydrogen-bond acceptors (Lipinski definition) is 5. The number of amides is 1. The first-order valence-corrected chi connectivity index (χ1v) is 10.6. The molecular weight excluding hydrogens is 388 g/mol. The van der Waals surface area contributed by atoms with Gasteiger partial charge in [-0.2, -0.15) is 0 Å². The van der Waals surface area contributed by atoms with E-state index in [4.69, 9.17) is 0 Å². The maximum Gasteiger partial charge on any atom is 0.229 e. The Labute approximate surface area is 180 Å². The van der Waals surface area contributed by atoms with Gasteiger partial charge < -0.3 is 10.2 Å². The van der Waals surface area contributed by atoms with Crippen LogP contribution in [0.2, 0.25) is 0 Å². The van der Waals surface area contributed by atoms with E-state index in [1.165, 1.54) is 0 Å². The Morgan fingerprint density at radius 2 is 1.84 bits per heavy atom. The minimum absolute atomic E-state index is 0.0553. The van der Waals surface area contributed by atoms with E-state index in [0.29, 0.717) is 6.54 Å². The van der Waals surface area contributed by atoms with Crippen molar-refractivity contribution < 1.29 is 4.79 Å². The number of nitrogens with one attached hydrogen (secondary N) is 1. The summed E-state index contributed by atoms with van der Waals surface area (Å²) in [6, 6.07) is 18.0. The standard InChI is InChI=1S/C24H24N6O/c1-17-25-13-15-30(17)23-12-11-22(27-28-23)29-14-5-8-19(16-29)24(31)26-21-10-4-7-18-6-2-3-9-20(18)21/h2-4,6-7,9-13,15,19H,5,8,14,16H2,1H3,(H,26,31). The Balaban J connectivity index is 1.30. The summed E-state index contributed by atoms with van der Waals surface area (Å²) in [5.41, 5.74) is 0.861. The van der Waals surface area contributed by atoms with Crippen LogP contribution in [0.3, 0.4) is 0 Å². The van der Waals surface area contributed by atoms with Crippen LogP contribution in [0.5, 0.6) is 0 Å². The number of benzene rings is 2. The molecule has 1 aliphatic rings. The number of carbonyl (C=O) groups is 1. The van der Waals surface area contributed by atoms with Gasteiger partial charge in [-0.25, -0.2) is 4.98 Å². The summed E-state index contributed by atoms with van der Waals surface area (Å²) in [4.78, 5) is 19.4. The third-order valence-electron chi connectivity index (χ3n) is 5.87. The number of anilines is 2. The lowest BCUT2D eigenvalue weighted by Gasteiger charge is -2.32. The zero-order chi connectivity index (χ0) is 21.2. The molecule has 1 saturated heterocycles. The second-order valence-corrected chi connectivity index (χ2v) is 7.90. The van der Waals surface area contributed by atoms with Gasteiger partial charge in [0.15, 0.2) is 11.6 Å². The second kappa shape index (κ2) is 8.18. The van der Waals surface area contributed by atoms with Crippen molar-refractivity contribution in [3.8, 4) is 5.82 Å². The topological polar surface area (TPSA) is 75.9 Å². The first-order valence-electron chi connectivity index (χ1n) is 10.6. The highest BCUT2D eigenvalue weighted by molar-refractivity contribution is 6.02. The predicted octanol–water partition coefficient (Wildman–Crippen LogP) is 3.98. The molecule has 1 amide bonds. The highest BCUT2D eigenvalue weighted by atomic mass is 16.1. The van der Waals surface area contributed by atoms with Crippen LogP contribution in [-0.4, -0.2) is 38.7 Å². The third kappa shape index (κ3) is 3.86. The normalized spacial score (nSPS) is 16.4. The molecule has 1 atom stereocenters. The van der Waals surface area contributed by atoms with E-state index in [1.807, 2.05) is 60.2 Å². The van der Waals surface area contributed by atoms with Crippen LogP contribution in [-0.2, 0) is 4.79 Å². The fourth-order valence-corrected chi connectivity index (χ4v) is 4.20. The minimum atomic E-state index is -0.0925. The molecule has 1 aliphatic heterocycles. The van der Waals surface area contributed by atoms with Crippen molar-refractivity contribution in [3.63, 3.8) is 0 Å². The van der Waals surface area contributed by atoms with Crippen molar-refractivity contribution in [1.29, 1.82) is 0 Å². The Kier molecular flexibility index (Phi) is 5.08. The number of fused-ring (bicyclic) bond motifs is 1. The van der Waals surface area contributed by atoms with Crippen LogP contribution >= 0.6 is 0 Å². The molecular formula is C24H24N6O. The van der Waals surface area contributed by atoms with E-state index < -0.39 is 0 Å². The quantitative estimate of drug-likeness (QED) is 0.549. The number of hydrogen-bond donors (Lipinski definition) is 1. The number of aromatic nitrogens is 4. The predicted molar refractivity (Wildman–Crippen MR) is 121 cm³/mol. The molecule has 0 aliphatic carbocycles. The van der Waals surface area contributed by atoms with Crippen LogP contribution in [0.15, 0.2) is 67.0 Å². The lowest BCUT2D eigenvalue weighted by Crippen LogP contribution is -2.41. The third-order valence-corrected chi connectivity index (χ3v) is 5.87. The number of rotatable bonds is 4. The average molecular weight is 412 g/mol. The van der Waals surface area contributed by atoms with Crippen molar-refractivity contribution >= 4 is 28.2 Å². The molecule has 1 N–H and O–H groups in total. The van der Waals surface area contributed by atoms with E-state index in [9.17, 15) is 4.79 Å². The molecule has 31 heavy (non-hydrogen) atoms. The highest BCUT2D eigenvalue weighted by Gasteiger charge is 2.27. The average Bonchev–Trinajstić information content (AvgIpc) is 3.25. The molecule has 0 bridgehead atoms. The van der Waals surface area contributed by atoms with Gasteiger partial charge in [0.05, 0.1) is 5.92 Å². The number of carbonyl (C=O) groups excluding carboxylic acids is 1. The Hall–Kier alpha value is -3.74. The van der Waals surface area contributed by atoms with E-state index in [0.717, 1.165) is 53.3 Å². The maximum absolute atomic E-state index is 13.1. The van der Waals surface area contributed by atoms with Gasteiger partial charge in [0.2, 0.25) is 5.91 Å². The van der Waals surface area contributed by atoms with Crippen LogP contribution in [0.25, 0.3) is 16.6 Å². The molecule has 7 nitrogen and oxygen atoms in total. The first kappa shape index (κ1) is 19.2. The molecule has 156 valence electrons. The summed E-state index contributed by atoms with van der Waals surface area (Å²) in [5.74, 6) is 2.36. The zero-order valence-corrected chi connectivity index (χ0v) is 17.4. The lowest BCUT2D eigenvalue weighted by molar-refractivity contribution is -0.120. The van der Waals surface area contributed by atoms with Crippen molar-refractivity contribution in [2.24, 2.45) is 5.92 Å². The summed E-state index contributed by atoms with van der Waals surface area (Å²) in [6.07, 6.45) is 5.42. The van der Waals surface area contributed by atoms with E-state index in [2.05, 4.69) is 37.5 Å². The first-order chi connectivity index (χ1) is 15.2. The Bertz CT molecular complexity index is 1210. The van der Waals surface area contributed by atoms with Crippen molar-refractivity contribution in [3.05, 3.63) is 72.8 Å². The van der Waals surface area contributed by atoms with Crippen LogP contribution in [0.4, 0.5) is 11.5 Å². The number of imidazole rings is 1. The molecule has 1 unspecified atom stereocenters. The highest BCUT2D eigenvalue weighted by Crippen LogP contribution is 2.26. The Morgan fingerprint density at radius 3 is 2.65 bits per heavy atom. The Morgan fingerprint density at radius 1 is 1.03 bits per heavy atom. The molecule has 1 fully saturated rings. The maximum atomic E-state index is 13.1. The van der Waals surface area contributed by atoms with Gasteiger partial charge in [0, 0.05) is 36.6 Å². The molecule has 3 heterocycles. The molecule has 2 aromatic carbocycles. The summed E-state index contributed by atoms with van der Waals surface area (Å²) < 4.78 is 1.90. The van der Waals surface area contributed by atoms with Gasteiger partial charge in [0.25, 0.3) is 0 Å². The minimum Gasteiger partial charge on any atom is -0.354 e. The number of nitrogens with zero attached hydrogens (tertiary/aromatic N) is 5. The molecule has 7 heteroatoms. The van der Waals surface area contributed by atoms with Crippen molar-refractivity contribution in [2.75, 3.05) is 23.3 Å². The van der Waals surface area contributed by atoms with Crippen molar-refractivity contribution in [2.45, 2.75) is 19.8 Å². The van der Waals surface area contributed by atoms with Gasteiger partial charge in [-0.3, -0.25) is 9.36 Å². The van der Waals surface area contributed by atoms with Gasteiger partial charge in [0.1, 0.15) is 5.82 Å². The second-order valence-electron chi connectivity index (χ2n) is 7.90. The number of piperidine rings is 1. The monoisotopic (exact) mass is 412 g/mol. The van der Waals surface area contributed by atoms with Gasteiger partial charge in [-0.1, -0.05) is 36.4 Å². The molecule has 0 spiro atoms. The van der Waals surface area contributed by atoms with Crippen LogP contribution in [0.1, 0.15) is 18.7 Å². The van der Waals surface area contributed by atoms with Crippen LogP contribution < -0.4 is 10.2 Å². The van der Waals surface area contributed by atoms with Crippen molar-refractivity contribution in [1.82, 2.24) is 19.7 Å². The van der Waals surface area contributed by atoms with Gasteiger partial charge >= 0.3 is 0 Å². The molecule has 0 radical (unpaired) electrons. The fourth-order valence-electron chi connectivity index (χ4n) is 4.20. The van der Waals surface area contributed by atoms with Gasteiger partial charge in [-0.05, 0) is 43.4 Å². The van der Waals surface area contributed by atoms with Gasteiger partial charge in [-0.15, -0.1) is 10.2 Å².